The first-order valence-electron chi connectivity index (χ1n) is 6.95. The molecule has 0 saturated heterocycles. The lowest BCUT2D eigenvalue weighted by atomic mass is 10.2. The number of benzene rings is 2. The third-order valence-corrected chi connectivity index (χ3v) is 4.70. The van der Waals surface area contributed by atoms with Crippen molar-refractivity contribution < 1.29 is 9.53 Å². The zero-order valence-electron chi connectivity index (χ0n) is 12.9. The van der Waals surface area contributed by atoms with E-state index in [1.165, 1.54) is 11.8 Å². The topological polar surface area (TPSA) is 38.3 Å². The molecule has 2 rings (SSSR count). The summed E-state index contributed by atoms with van der Waals surface area (Å²) in [6.45, 7) is 1.96. The Hall–Kier alpha value is -1.36. The molecule has 1 amide bonds. The third-order valence-electron chi connectivity index (χ3n) is 3.13. The van der Waals surface area contributed by atoms with Crippen molar-refractivity contribution in [2.24, 2.45) is 0 Å². The SMILES string of the molecule is COc1ccc(C)cc1NC(=O)CSCc1ccc(Cl)cc1Cl. The predicted octanol–water partition coefficient (Wildman–Crippen LogP) is 5.18. The van der Waals surface area contributed by atoms with Crippen molar-refractivity contribution in [3.8, 4) is 5.75 Å². The van der Waals surface area contributed by atoms with Crippen LogP contribution in [0.1, 0.15) is 11.1 Å². The molecule has 3 nitrogen and oxygen atoms in total. The maximum absolute atomic E-state index is 12.1. The van der Waals surface area contributed by atoms with Crippen molar-refractivity contribution in [1.29, 1.82) is 0 Å². The molecule has 0 spiro atoms. The van der Waals surface area contributed by atoms with Crippen molar-refractivity contribution in [1.82, 2.24) is 0 Å². The van der Waals surface area contributed by atoms with Crippen molar-refractivity contribution in [3.63, 3.8) is 0 Å². The Morgan fingerprint density at radius 3 is 2.70 bits per heavy atom. The Morgan fingerprint density at radius 2 is 2.00 bits per heavy atom. The number of hydrogen-bond acceptors (Lipinski definition) is 3. The summed E-state index contributed by atoms with van der Waals surface area (Å²) < 4.78 is 5.25. The quantitative estimate of drug-likeness (QED) is 0.761. The van der Waals surface area contributed by atoms with Crippen molar-refractivity contribution >= 4 is 46.6 Å². The molecule has 122 valence electrons. The van der Waals surface area contributed by atoms with Gasteiger partial charge in [0.1, 0.15) is 5.75 Å². The van der Waals surface area contributed by atoms with Gasteiger partial charge in [0, 0.05) is 15.8 Å². The van der Waals surface area contributed by atoms with Crippen molar-refractivity contribution in [2.45, 2.75) is 12.7 Å². The molecule has 0 heterocycles. The lowest BCUT2D eigenvalue weighted by Gasteiger charge is -2.11. The zero-order chi connectivity index (χ0) is 16.8. The molecule has 0 unspecified atom stereocenters. The van der Waals surface area contributed by atoms with E-state index in [2.05, 4.69) is 5.32 Å². The standard InChI is InChI=1S/C17H17Cl2NO2S/c1-11-3-6-16(22-2)15(7-11)20-17(21)10-23-9-12-4-5-13(18)8-14(12)19/h3-8H,9-10H2,1-2H3,(H,20,21). The fourth-order valence-corrected chi connectivity index (χ4v) is 3.38. The van der Waals surface area contributed by atoms with E-state index in [0.29, 0.717) is 33.0 Å². The fraction of sp³-hybridized carbons (Fsp3) is 0.235. The van der Waals surface area contributed by atoms with E-state index in [-0.39, 0.29) is 5.91 Å². The van der Waals surface area contributed by atoms with Crippen LogP contribution in [-0.4, -0.2) is 18.8 Å². The molecule has 0 aliphatic heterocycles. The number of hydrogen-bond donors (Lipinski definition) is 1. The van der Waals surface area contributed by atoms with Crippen LogP contribution in [0.15, 0.2) is 36.4 Å². The van der Waals surface area contributed by atoms with Gasteiger partial charge in [0.2, 0.25) is 5.91 Å². The summed E-state index contributed by atoms with van der Waals surface area (Å²) >= 11 is 13.5. The lowest BCUT2D eigenvalue weighted by Crippen LogP contribution is -2.15. The van der Waals surface area contributed by atoms with E-state index >= 15 is 0 Å². The first-order chi connectivity index (χ1) is 11.0. The van der Waals surface area contributed by atoms with Crippen LogP contribution >= 0.6 is 35.0 Å². The average molecular weight is 370 g/mol. The maximum Gasteiger partial charge on any atom is 0.234 e. The fourth-order valence-electron chi connectivity index (χ4n) is 2.00. The number of carbonyl (C=O) groups is 1. The summed E-state index contributed by atoms with van der Waals surface area (Å²) in [4.78, 5) is 12.1. The van der Waals surface area contributed by atoms with Gasteiger partial charge in [0.15, 0.2) is 0 Å². The van der Waals surface area contributed by atoms with E-state index in [4.69, 9.17) is 27.9 Å². The van der Waals surface area contributed by atoms with Crippen LogP contribution in [0.4, 0.5) is 5.69 Å². The molecule has 0 aliphatic rings. The van der Waals surface area contributed by atoms with E-state index in [1.807, 2.05) is 31.2 Å². The normalized spacial score (nSPS) is 10.4. The first-order valence-corrected chi connectivity index (χ1v) is 8.87. The molecular weight excluding hydrogens is 353 g/mol. The van der Waals surface area contributed by atoms with Gasteiger partial charge in [0.05, 0.1) is 18.6 Å². The summed E-state index contributed by atoms with van der Waals surface area (Å²) in [5.74, 6) is 1.54. The van der Waals surface area contributed by atoms with E-state index < -0.39 is 0 Å². The number of halogens is 2. The molecular formula is C17H17Cl2NO2S. The summed E-state index contributed by atoms with van der Waals surface area (Å²) in [6, 6.07) is 11.0. The molecule has 0 aromatic heterocycles. The van der Waals surface area contributed by atoms with Gasteiger partial charge in [-0.3, -0.25) is 4.79 Å². The number of carbonyl (C=O) groups excluding carboxylic acids is 1. The summed E-state index contributed by atoms with van der Waals surface area (Å²) in [5, 5.41) is 4.09. The predicted molar refractivity (Wildman–Crippen MR) is 99.0 cm³/mol. The largest absolute Gasteiger partial charge is 0.495 e. The van der Waals surface area contributed by atoms with Crippen LogP contribution in [0.2, 0.25) is 10.0 Å². The summed E-state index contributed by atoms with van der Waals surface area (Å²) in [5.41, 5.74) is 2.70. The Bertz CT molecular complexity index is 707. The Morgan fingerprint density at radius 1 is 1.22 bits per heavy atom. The number of aryl methyl sites for hydroxylation is 1. The van der Waals surface area contributed by atoms with Gasteiger partial charge >= 0.3 is 0 Å². The van der Waals surface area contributed by atoms with Crippen molar-refractivity contribution in [2.75, 3.05) is 18.2 Å². The molecule has 0 bridgehead atoms. The molecule has 2 aromatic rings. The van der Waals surface area contributed by atoms with Crippen LogP contribution in [0.25, 0.3) is 0 Å². The highest BCUT2D eigenvalue weighted by molar-refractivity contribution is 7.99. The van der Waals surface area contributed by atoms with E-state index in [9.17, 15) is 4.79 Å². The summed E-state index contributed by atoms with van der Waals surface area (Å²) in [6.07, 6.45) is 0. The Kier molecular flexibility index (Phi) is 6.63. The molecule has 0 radical (unpaired) electrons. The van der Waals surface area contributed by atoms with E-state index in [1.54, 1.807) is 19.2 Å². The maximum atomic E-state index is 12.1. The number of ether oxygens (including phenoxy) is 1. The Balaban J connectivity index is 1.89. The highest BCUT2D eigenvalue weighted by Crippen LogP contribution is 2.27. The minimum absolute atomic E-state index is 0.0796. The summed E-state index contributed by atoms with van der Waals surface area (Å²) in [7, 11) is 1.58. The minimum atomic E-state index is -0.0796. The molecule has 0 aliphatic carbocycles. The number of thioether (sulfide) groups is 1. The highest BCUT2D eigenvalue weighted by atomic mass is 35.5. The minimum Gasteiger partial charge on any atom is -0.495 e. The molecule has 6 heteroatoms. The highest BCUT2D eigenvalue weighted by Gasteiger charge is 2.09. The smallest absolute Gasteiger partial charge is 0.234 e. The number of methoxy groups -OCH3 is 1. The second-order valence-corrected chi connectivity index (χ2v) is 6.81. The molecule has 0 fully saturated rings. The number of nitrogens with one attached hydrogen (secondary N) is 1. The van der Waals surface area contributed by atoms with Crippen molar-refractivity contribution in [3.05, 3.63) is 57.6 Å². The zero-order valence-corrected chi connectivity index (χ0v) is 15.2. The van der Waals surface area contributed by atoms with Gasteiger partial charge in [-0.15, -0.1) is 11.8 Å². The van der Waals surface area contributed by atoms with Gasteiger partial charge in [0.25, 0.3) is 0 Å². The second-order valence-electron chi connectivity index (χ2n) is 4.98. The molecule has 2 aromatic carbocycles. The molecule has 23 heavy (non-hydrogen) atoms. The van der Waals surface area contributed by atoms with Crippen LogP contribution in [0.3, 0.4) is 0 Å². The number of amides is 1. The average Bonchev–Trinajstić information content (AvgIpc) is 2.50. The second kappa shape index (κ2) is 8.48. The first kappa shape index (κ1) is 18.0. The van der Waals surface area contributed by atoms with Crippen LogP contribution in [-0.2, 0) is 10.5 Å². The van der Waals surface area contributed by atoms with E-state index in [0.717, 1.165) is 11.1 Å². The lowest BCUT2D eigenvalue weighted by molar-refractivity contribution is -0.113. The van der Waals surface area contributed by atoms with Gasteiger partial charge in [-0.05, 0) is 42.3 Å². The van der Waals surface area contributed by atoms with Gasteiger partial charge in [-0.25, -0.2) is 0 Å². The Labute approximate surface area is 150 Å². The number of anilines is 1. The number of rotatable bonds is 6. The molecule has 1 N–H and O–H groups in total. The molecule has 0 atom stereocenters. The van der Waals surface area contributed by atoms with Gasteiger partial charge < -0.3 is 10.1 Å². The van der Waals surface area contributed by atoms with Crippen LogP contribution in [0, 0.1) is 6.92 Å². The monoisotopic (exact) mass is 369 g/mol. The third kappa shape index (κ3) is 5.34. The van der Waals surface area contributed by atoms with Gasteiger partial charge in [-0.2, -0.15) is 0 Å². The van der Waals surface area contributed by atoms with Crippen LogP contribution in [0.5, 0.6) is 5.75 Å². The van der Waals surface area contributed by atoms with Gasteiger partial charge in [-0.1, -0.05) is 35.3 Å². The van der Waals surface area contributed by atoms with Crippen LogP contribution < -0.4 is 10.1 Å². The molecule has 0 saturated carbocycles.